The lowest BCUT2D eigenvalue weighted by atomic mass is 10.1. The number of anilines is 1. The summed E-state index contributed by atoms with van der Waals surface area (Å²) in [6.07, 6.45) is 0. The second-order valence-corrected chi connectivity index (χ2v) is 12.1. The van der Waals surface area contributed by atoms with E-state index in [2.05, 4.69) is 28.9 Å². The van der Waals surface area contributed by atoms with Gasteiger partial charge in [0.2, 0.25) is 15.9 Å². The number of nitrogens with zero attached hydrogens (tertiary/aromatic N) is 2. The fourth-order valence-corrected chi connectivity index (χ4v) is 6.60. The minimum absolute atomic E-state index is 0.0946. The van der Waals surface area contributed by atoms with Gasteiger partial charge in [0.15, 0.2) is 0 Å². The molecule has 39 heavy (non-hydrogen) atoms. The van der Waals surface area contributed by atoms with E-state index in [1.54, 1.807) is 30.3 Å². The van der Waals surface area contributed by atoms with Crippen molar-refractivity contribution in [1.82, 2.24) is 8.87 Å². The van der Waals surface area contributed by atoms with Crippen molar-refractivity contribution in [1.29, 1.82) is 0 Å². The number of rotatable bonds is 8. The van der Waals surface area contributed by atoms with Gasteiger partial charge in [-0.05, 0) is 67.9 Å². The number of hydrogen-bond acceptors (Lipinski definition) is 3. The summed E-state index contributed by atoms with van der Waals surface area (Å²) in [5, 5.41) is 5.76. The van der Waals surface area contributed by atoms with Crippen molar-refractivity contribution in [3.63, 3.8) is 0 Å². The molecule has 0 aliphatic heterocycles. The second kappa shape index (κ2) is 11.0. The van der Waals surface area contributed by atoms with Gasteiger partial charge in [0.25, 0.3) is 0 Å². The molecule has 0 unspecified atom stereocenters. The number of para-hydroxylation sites is 1. The maximum absolute atomic E-state index is 13.6. The maximum atomic E-state index is 13.6. The quantitative estimate of drug-likeness (QED) is 0.210. The molecule has 0 radical (unpaired) electrons. The van der Waals surface area contributed by atoms with Crippen LogP contribution in [0.2, 0.25) is 10.0 Å². The van der Waals surface area contributed by atoms with Crippen LogP contribution < -0.4 is 5.32 Å². The number of aryl methyl sites for hydroxylation is 2. The molecule has 5 aromatic rings. The van der Waals surface area contributed by atoms with Crippen molar-refractivity contribution < 1.29 is 13.2 Å². The molecule has 1 N–H and O–H groups in total. The highest BCUT2D eigenvalue weighted by molar-refractivity contribution is 7.89. The fraction of sp³-hybridized carbons (Fsp3) is 0.167. The molecule has 0 atom stereocenters. The first-order valence-corrected chi connectivity index (χ1v) is 14.7. The van der Waals surface area contributed by atoms with E-state index in [-0.39, 0.29) is 11.4 Å². The summed E-state index contributed by atoms with van der Waals surface area (Å²) in [4.78, 5) is 13.4. The molecule has 5 rings (SSSR count). The van der Waals surface area contributed by atoms with E-state index in [1.807, 2.05) is 37.3 Å². The molecule has 9 heteroatoms. The summed E-state index contributed by atoms with van der Waals surface area (Å²) in [5.74, 6) is -0.464. The molecule has 1 aromatic heterocycles. The van der Waals surface area contributed by atoms with Gasteiger partial charge in [-0.1, -0.05) is 65.2 Å². The zero-order valence-corrected chi connectivity index (χ0v) is 23.8. The van der Waals surface area contributed by atoms with Gasteiger partial charge in [-0.2, -0.15) is 4.31 Å². The minimum Gasteiger partial charge on any atom is -0.341 e. The highest BCUT2D eigenvalue weighted by atomic mass is 35.5. The van der Waals surface area contributed by atoms with E-state index < -0.39 is 22.5 Å². The normalized spacial score (nSPS) is 11.9. The van der Waals surface area contributed by atoms with Crippen molar-refractivity contribution >= 4 is 66.6 Å². The summed E-state index contributed by atoms with van der Waals surface area (Å²) >= 11 is 12.4. The average molecular weight is 581 g/mol. The Balaban J connectivity index is 1.46. The zero-order valence-electron chi connectivity index (χ0n) is 21.5. The number of hydrogen-bond donors (Lipinski definition) is 1. The van der Waals surface area contributed by atoms with E-state index >= 15 is 0 Å². The molecular weight excluding hydrogens is 553 g/mol. The number of nitrogens with one attached hydrogen (secondary N) is 1. The van der Waals surface area contributed by atoms with Gasteiger partial charge in [0, 0.05) is 50.6 Å². The van der Waals surface area contributed by atoms with Gasteiger partial charge in [-0.15, -0.1) is 0 Å². The Labute approximate surface area is 237 Å². The summed E-state index contributed by atoms with van der Waals surface area (Å²) < 4.78 is 30.6. The van der Waals surface area contributed by atoms with Gasteiger partial charge in [-0.3, -0.25) is 4.79 Å². The van der Waals surface area contributed by atoms with Crippen LogP contribution in [-0.2, 0) is 27.9 Å². The zero-order chi connectivity index (χ0) is 27.7. The molecule has 0 saturated heterocycles. The Hall–Kier alpha value is -3.36. The van der Waals surface area contributed by atoms with Gasteiger partial charge < -0.3 is 9.88 Å². The second-order valence-electron chi connectivity index (χ2n) is 9.36. The van der Waals surface area contributed by atoms with Gasteiger partial charge in [-0.25, -0.2) is 8.42 Å². The smallest absolute Gasteiger partial charge is 0.243 e. The van der Waals surface area contributed by atoms with Crippen LogP contribution in [0.3, 0.4) is 0 Å². The van der Waals surface area contributed by atoms with E-state index in [1.165, 1.54) is 12.1 Å². The Morgan fingerprint density at radius 1 is 0.897 bits per heavy atom. The third-order valence-electron chi connectivity index (χ3n) is 6.71. The molecule has 0 aliphatic rings. The number of amides is 1. The van der Waals surface area contributed by atoms with E-state index in [0.717, 1.165) is 38.2 Å². The molecule has 0 saturated carbocycles. The topological polar surface area (TPSA) is 71.4 Å². The number of aromatic nitrogens is 1. The lowest BCUT2D eigenvalue weighted by molar-refractivity contribution is -0.116. The van der Waals surface area contributed by atoms with E-state index in [0.29, 0.717) is 21.3 Å². The molecule has 0 bridgehead atoms. The summed E-state index contributed by atoms with van der Waals surface area (Å²) in [6.45, 7) is 4.29. The Bertz CT molecular complexity index is 1800. The van der Waals surface area contributed by atoms with Crippen molar-refractivity contribution in [3.05, 3.63) is 106 Å². The highest BCUT2D eigenvalue weighted by Gasteiger charge is 2.28. The van der Waals surface area contributed by atoms with E-state index in [4.69, 9.17) is 23.2 Å². The van der Waals surface area contributed by atoms with Crippen LogP contribution in [0.4, 0.5) is 5.69 Å². The highest BCUT2D eigenvalue weighted by Crippen LogP contribution is 2.31. The molecule has 200 valence electrons. The number of halogens is 2. The standard InChI is InChI=1S/C30H27Cl2N3O3S/c1-3-35-28-7-5-4-6-25(28)26-17-23(12-15-29(26)35)33-30(36)19-34(18-21-10-11-22(31)16-27(21)32)39(37,38)24-13-8-20(2)9-14-24/h4-17H,3,18-19H2,1-2H3,(H,33,36). The lowest BCUT2D eigenvalue weighted by Crippen LogP contribution is -2.37. The summed E-state index contributed by atoms with van der Waals surface area (Å²) in [7, 11) is -4.02. The molecule has 1 amide bonds. The third-order valence-corrected chi connectivity index (χ3v) is 9.11. The van der Waals surface area contributed by atoms with Crippen LogP contribution in [0.1, 0.15) is 18.1 Å². The monoisotopic (exact) mass is 579 g/mol. The first-order valence-electron chi connectivity index (χ1n) is 12.5. The molecule has 1 heterocycles. The minimum atomic E-state index is -4.02. The fourth-order valence-electron chi connectivity index (χ4n) is 4.76. The number of sulfonamides is 1. The third kappa shape index (κ3) is 5.54. The first kappa shape index (κ1) is 27.2. The van der Waals surface area contributed by atoms with Crippen LogP contribution >= 0.6 is 23.2 Å². The Kier molecular flexibility index (Phi) is 7.69. The maximum Gasteiger partial charge on any atom is 0.243 e. The van der Waals surface area contributed by atoms with Crippen LogP contribution in [0.15, 0.2) is 89.8 Å². The Morgan fingerprint density at radius 2 is 1.62 bits per heavy atom. The van der Waals surface area contributed by atoms with Gasteiger partial charge >= 0.3 is 0 Å². The summed E-state index contributed by atoms with van der Waals surface area (Å²) in [5.41, 5.74) is 4.24. The SMILES string of the molecule is CCn1c2ccccc2c2cc(NC(=O)CN(Cc3ccc(Cl)cc3Cl)S(=O)(=O)c3ccc(C)cc3)ccc21. The number of benzene rings is 4. The number of carbonyl (C=O) groups is 1. The first-order chi connectivity index (χ1) is 18.7. The molecule has 6 nitrogen and oxygen atoms in total. The predicted octanol–water partition coefficient (Wildman–Crippen LogP) is 7.26. The largest absolute Gasteiger partial charge is 0.341 e. The molecule has 4 aromatic carbocycles. The van der Waals surface area contributed by atoms with Crippen molar-refractivity contribution in [2.45, 2.75) is 31.8 Å². The summed E-state index contributed by atoms with van der Waals surface area (Å²) in [6, 6.07) is 25.2. The van der Waals surface area contributed by atoms with Crippen LogP contribution in [0.25, 0.3) is 21.8 Å². The molecule has 0 fully saturated rings. The van der Waals surface area contributed by atoms with Crippen LogP contribution in [0.5, 0.6) is 0 Å². The number of carbonyl (C=O) groups excluding carboxylic acids is 1. The molecule has 0 spiro atoms. The molecule has 0 aliphatic carbocycles. The van der Waals surface area contributed by atoms with Crippen molar-refractivity contribution in [3.8, 4) is 0 Å². The van der Waals surface area contributed by atoms with E-state index in [9.17, 15) is 13.2 Å². The van der Waals surface area contributed by atoms with Crippen LogP contribution in [0, 0.1) is 6.92 Å². The average Bonchev–Trinajstić information content (AvgIpc) is 3.23. The molecular formula is C30H27Cl2N3O3S. The van der Waals surface area contributed by atoms with Gasteiger partial charge in [0.05, 0.1) is 11.4 Å². The number of fused-ring (bicyclic) bond motifs is 3. The Morgan fingerprint density at radius 3 is 2.33 bits per heavy atom. The van der Waals surface area contributed by atoms with Crippen LogP contribution in [-0.4, -0.2) is 29.7 Å². The van der Waals surface area contributed by atoms with Gasteiger partial charge in [0.1, 0.15) is 0 Å². The lowest BCUT2D eigenvalue weighted by Gasteiger charge is -2.23. The van der Waals surface area contributed by atoms with Crippen molar-refractivity contribution in [2.75, 3.05) is 11.9 Å². The predicted molar refractivity (Wildman–Crippen MR) is 159 cm³/mol. The van der Waals surface area contributed by atoms with Crippen molar-refractivity contribution in [2.24, 2.45) is 0 Å².